The van der Waals surface area contributed by atoms with Crippen molar-refractivity contribution in [3.8, 4) is 44.5 Å². The molecule has 1 aromatic heterocycles. The smallest absolute Gasteiger partial charge is 0.0554 e. The number of benzene rings is 8. The molecule has 0 saturated carbocycles. The summed E-state index contributed by atoms with van der Waals surface area (Å²) in [5, 5.41) is 2.59. The van der Waals surface area contributed by atoms with Crippen molar-refractivity contribution in [1.82, 2.24) is 0 Å². The van der Waals surface area contributed by atoms with E-state index in [1.165, 1.54) is 109 Å². The molecule has 1 heterocycles. The first-order valence-electron chi connectivity index (χ1n) is 20.4. The fourth-order valence-electron chi connectivity index (χ4n) is 9.67. The summed E-state index contributed by atoms with van der Waals surface area (Å²) < 4.78 is 2.60. The Labute approximate surface area is 350 Å². The van der Waals surface area contributed by atoms with E-state index in [1.54, 1.807) is 0 Å². The Kier molecular flexibility index (Phi) is 8.43. The van der Waals surface area contributed by atoms with Gasteiger partial charge in [0.1, 0.15) is 0 Å². The molecule has 0 saturated heterocycles. The summed E-state index contributed by atoms with van der Waals surface area (Å²) in [5.74, 6) is 0. The molecule has 8 aromatic carbocycles. The van der Waals surface area contributed by atoms with Crippen LogP contribution in [0.15, 0.2) is 195 Å². The van der Waals surface area contributed by atoms with Crippen LogP contribution in [0.2, 0.25) is 0 Å². The number of allylic oxidation sites excluding steroid dienone is 5. The number of hydrogen-bond donors (Lipinski definition) is 0. The first-order valence-corrected chi connectivity index (χ1v) is 21.3. The van der Waals surface area contributed by atoms with Crippen molar-refractivity contribution in [1.29, 1.82) is 0 Å². The van der Waals surface area contributed by atoms with Crippen molar-refractivity contribution in [3.05, 3.63) is 222 Å². The predicted octanol–water partition coefficient (Wildman–Crippen LogP) is 16.4. The molecule has 0 amide bonds. The zero-order valence-electron chi connectivity index (χ0n) is 33.2. The topological polar surface area (TPSA) is 3.24 Å². The van der Waals surface area contributed by atoms with E-state index >= 15 is 0 Å². The largest absolute Gasteiger partial charge is 0.310 e. The first-order chi connectivity index (χ1) is 29.1. The van der Waals surface area contributed by atoms with Gasteiger partial charge in [-0.1, -0.05) is 152 Å². The van der Waals surface area contributed by atoms with Crippen molar-refractivity contribution in [2.75, 3.05) is 4.90 Å². The number of hydrogen-bond acceptors (Lipinski definition) is 2. The highest BCUT2D eigenvalue weighted by Gasteiger charge is 2.26. The molecule has 2 aliphatic carbocycles. The highest BCUT2D eigenvalue weighted by Crippen LogP contribution is 2.50. The molecule has 280 valence electrons. The molecule has 11 rings (SSSR count). The third-order valence-corrected chi connectivity index (χ3v) is 13.5. The van der Waals surface area contributed by atoms with Crippen molar-refractivity contribution < 1.29 is 0 Å². The average molecular weight is 772 g/mol. The lowest BCUT2D eigenvalue weighted by atomic mass is 9.86. The molecule has 59 heavy (non-hydrogen) atoms. The summed E-state index contributed by atoms with van der Waals surface area (Å²) in [4.78, 5) is 2.47. The maximum atomic E-state index is 4.26. The van der Waals surface area contributed by atoms with Crippen LogP contribution in [0.1, 0.15) is 34.7 Å². The molecule has 0 radical (unpaired) electrons. The Morgan fingerprint density at radius 3 is 1.98 bits per heavy atom. The van der Waals surface area contributed by atoms with Crippen LogP contribution in [0.5, 0.6) is 0 Å². The van der Waals surface area contributed by atoms with Gasteiger partial charge in [-0.3, -0.25) is 0 Å². The van der Waals surface area contributed by atoms with Gasteiger partial charge < -0.3 is 4.90 Å². The molecule has 9 aromatic rings. The highest BCUT2D eigenvalue weighted by atomic mass is 32.1. The Morgan fingerprint density at radius 2 is 1.17 bits per heavy atom. The number of nitrogens with zero attached hydrogens (tertiary/aromatic N) is 1. The molecule has 0 aliphatic heterocycles. The maximum Gasteiger partial charge on any atom is 0.0554 e. The van der Waals surface area contributed by atoms with Gasteiger partial charge in [0.2, 0.25) is 0 Å². The number of fused-ring (bicyclic) bond motifs is 10. The van der Waals surface area contributed by atoms with Crippen LogP contribution in [-0.4, -0.2) is 0 Å². The summed E-state index contributed by atoms with van der Waals surface area (Å²) in [6, 6.07) is 63.0. The molecule has 0 N–H and O–H groups in total. The monoisotopic (exact) mass is 771 g/mol. The molecular formula is C57H41NS. The van der Waals surface area contributed by atoms with Crippen molar-refractivity contribution in [3.63, 3.8) is 0 Å². The quantitative estimate of drug-likeness (QED) is 0.156. The van der Waals surface area contributed by atoms with Gasteiger partial charge in [0.05, 0.1) is 5.69 Å². The Bertz CT molecular complexity index is 3210. The van der Waals surface area contributed by atoms with E-state index in [4.69, 9.17) is 0 Å². The third-order valence-electron chi connectivity index (χ3n) is 12.4. The first kappa shape index (κ1) is 35.2. The third kappa shape index (κ3) is 5.67. The van der Waals surface area contributed by atoms with Crippen LogP contribution in [0.3, 0.4) is 0 Å². The molecule has 2 aliphatic rings. The number of thiophene rings is 1. The predicted molar refractivity (Wildman–Crippen MR) is 255 cm³/mol. The van der Waals surface area contributed by atoms with E-state index in [-0.39, 0.29) is 0 Å². The second-order valence-electron chi connectivity index (χ2n) is 15.6. The second kappa shape index (κ2) is 14.1. The van der Waals surface area contributed by atoms with E-state index in [1.807, 2.05) is 17.4 Å². The summed E-state index contributed by atoms with van der Waals surface area (Å²) in [7, 11) is 0. The van der Waals surface area contributed by atoms with Crippen molar-refractivity contribution in [2.24, 2.45) is 0 Å². The van der Waals surface area contributed by atoms with Crippen LogP contribution in [0, 0.1) is 6.92 Å². The van der Waals surface area contributed by atoms with Crippen molar-refractivity contribution in [2.45, 2.75) is 20.3 Å². The molecular weight excluding hydrogens is 731 g/mol. The van der Waals surface area contributed by atoms with Gasteiger partial charge >= 0.3 is 0 Å². The van der Waals surface area contributed by atoms with Crippen LogP contribution >= 0.6 is 11.3 Å². The fraction of sp³-hybridized carbons (Fsp3) is 0.0526. The molecule has 2 bridgehead atoms. The Hall–Kier alpha value is -7.00. The minimum Gasteiger partial charge on any atom is -0.310 e. The van der Waals surface area contributed by atoms with Gasteiger partial charge in [-0.15, -0.1) is 11.3 Å². The van der Waals surface area contributed by atoms with Gasteiger partial charge in [0.25, 0.3) is 0 Å². The molecule has 1 nitrogen and oxygen atoms in total. The molecule has 0 spiro atoms. The molecule has 2 heteroatoms. The van der Waals surface area contributed by atoms with Gasteiger partial charge in [-0.2, -0.15) is 0 Å². The van der Waals surface area contributed by atoms with E-state index < -0.39 is 0 Å². The molecule has 0 fully saturated rings. The molecule has 0 atom stereocenters. The lowest BCUT2D eigenvalue weighted by Crippen LogP contribution is -2.10. The number of rotatable bonds is 7. The van der Waals surface area contributed by atoms with Gasteiger partial charge in [-0.05, 0) is 146 Å². The van der Waals surface area contributed by atoms with Crippen molar-refractivity contribution >= 4 is 59.7 Å². The summed E-state index contributed by atoms with van der Waals surface area (Å²) >= 11 is 1.87. The zero-order chi connectivity index (χ0) is 39.6. The van der Waals surface area contributed by atoms with Gasteiger partial charge in [0, 0.05) is 31.5 Å². The summed E-state index contributed by atoms with van der Waals surface area (Å²) in [5.41, 5.74) is 22.6. The fourth-order valence-corrected chi connectivity index (χ4v) is 10.8. The normalized spacial score (nSPS) is 12.8. The highest BCUT2D eigenvalue weighted by molar-refractivity contribution is 7.26. The minimum absolute atomic E-state index is 0.882. The lowest BCUT2D eigenvalue weighted by molar-refractivity contribution is 1.24. The van der Waals surface area contributed by atoms with Crippen LogP contribution in [-0.2, 0) is 6.42 Å². The van der Waals surface area contributed by atoms with E-state index in [2.05, 4.69) is 207 Å². The van der Waals surface area contributed by atoms with Gasteiger partial charge in [-0.25, -0.2) is 0 Å². The minimum atomic E-state index is 0.882. The van der Waals surface area contributed by atoms with Gasteiger partial charge in [0.15, 0.2) is 0 Å². The van der Waals surface area contributed by atoms with E-state index in [0.717, 1.165) is 17.8 Å². The summed E-state index contributed by atoms with van der Waals surface area (Å²) in [6.07, 6.45) is 7.29. The average Bonchev–Trinajstić information content (AvgIpc) is 3.84. The van der Waals surface area contributed by atoms with Crippen LogP contribution < -0.4 is 4.90 Å². The van der Waals surface area contributed by atoms with Crippen LogP contribution in [0.4, 0.5) is 17.1 Å². The van der Waals surface area contributed by atoms with Crippen LogP contribution in [0.25, 0.3) is 75.8 Å². The Morgan fingerprint density at radius 1 is 0.525 bits per heavy atom. The molecule has 0 unspecified atom stereocenters. The Balaban J connectivity index is 1.03. The SMILES string of the molecule is C=CC1=C(/C=C\C)c2cccc(-c3ccc4c(c3)Cc3cc(N(c5ccc(-c6ccccc6)cc5)c5cccc6sc7ccccc7c56)ccc3-4)c2-c2cccc1c2C. The lowest BCUT2D eigenvalue weighted by Gasteiger charge is -2.27. The maximum absolute atomic E-state index is 4.26. The second-order valence-corrected chi connectivity index (χ2v) is 16.7. The zero-order valence-corrected chi connectivity index (χ0v) is 34.0. The number of anilines is 3. The standard InChI is InChI=1S/C57H41NS/c1-4-14-50-44(5-2)45-18-11-19-46(36(45)3)56-49(20-12-21-51(50)56)39-27-31-47-40(33-39)34-41-35-43(30-32-48(41)47)58(42-28-25-38(26-29-42)37-15-7-6-8-16-37)53-22-13-24-55-57(53)52-17-9-10-23-54(52)59-55/h4-33,35H,2,34H2,1,3H3/b14-4-. The van der Waals surface area contributed by atoms with E-state index in [9.17, 15) is 0 Å². The summed E-state index contributed by atoms with van der Waals surface area (Å²) in [6.45, 7) is 8.61. The van der Waals surface area contributed by atoms with E-state index in [0.29, 0.717) is 0 Å².